The van der Waals surface area contributed by atoms with Gasteiger partial charge in [0.1, 0.15) is 0 Å². The molecule has 0 aliphatic heterocycles. The number of aryl methyl sites for hydroxylation is 1. The predicted molar refractivity (Wildman–Crippen MR) is 50.7 cm³/mol. The Hall–Kier alpha value is -1.38. The molecule has 0 aromatic heterocycles. The van der Waals surface area contributed by atoms with Gasteiger partial charge in [-0.2, -0.15) is 0 Å². The fourth-order valence-electron chi connectivity index (χ4n) is 1.19. The summed E-state index contributed by atoms with van der Waals surface area (Å²) < 4.78 is 26.3. The summed E-state index contributed by atoms with van der Waals surface area (Å²) in [5.41, 5.74) is 1.00. The highest BCUT2D eigenvalue weighted by atomic mass is 19.2. The normalized spacial score (nSPS) is 9.85. The van der Waals surface area contributed by atoms with Crippen molar-refractivity contribution in [1.29, 1.82) is 0 Å². The predicted octanol–water partition coefficient (Wildman–Crippen LogP) is 2.96. The lowest BCUT2D eigenvalue weighted by atomic mass is 10.1. The average molecular weight is 183 g/mol. The first-order valence-corrected chi connectivity index (χ1v) is 3.90. The largest absolute Gasteiger partial charge is 0.385 e. The molecule has 0 aliphatic rings. The highest BCUT2D eigenvalue weighted by molar-refractivity contribution is 5.67. The Balaban J connectivity index is 3.47. The smallest absolute Gasteiger partial charge is 0.182 e. The molecular formula is C10H11F2N. The van der Waals surface area contributed by atoms with E-state index in [-0.39, 0.29) is 11.3 Å². The summed E-state index contributed by atoms with van der Waals surface area (Å²) in [5, 5.41) is 2.60. The summed E-state index contributed by atoms with van der Waals surface area (Å²) in [6.45, 7) is 5.04. The van der Waals surface area contributed by atoms with E-state index in [2.05, 4.69) is 11.9 Å². The van der Waals surface area contributed by atoms with Crippen LogP contribution in [0.4, 0.5) is 14.5 Å². The van der Waals surface area contributed by atoms with Crippen molar-refractivity contribution in [2.75, 3.05) is 12.4 Å². The molecule has 1 aromatic rings. The van der Waals surface area contributed by atoms with Crippen LogP contribution in [0.2, 0.25) is 0 Å². The van der Waals surface area contributed by atoms with Crippen LogP contribution in [-0.2, 0) is 0 Å². The Labute approximate surface area is 76.1 Å². The van der Waals surface area contributed by atoms with Crippen LogP contribution in [0.15, 0.2) is 12.6 Å². The molecule has 1 N–H and O–H groups in total. The third-order valence-corrected chi connectivity index (χ3v) is 1.89. The average Bonchev–Trinajstić information content (AvgIpc) is 2.13. The maximum Gasteiger partial charge on any atom is 0.182 e. The van der Waals surface area contributed by atoms with Crippen molar-refractivity contribution in [3.05, 3.63) is 35.4 Å². The number of halogens is 2. The van der Waals surface area contributed by atoms with Crippen molar-refractivity contribution >= 4 is 11.8 Å². The lowest BCUT2D eigenvalue weighted by Gasteiger charge is -2.09. The molecule has 0 saturated carbocycles. The topological polar surface area (TPSA) is 12.0 Å². The minimum Gasteiger partial charge on any atom is -0.385 e. The monoisotopic (exact) mass is 183 g/mol. The zero-order valence-electron chi connectivity index (χ0n) is 7.62. The van der Waals surface area contributed by atoms with Crippen molar-refractivity contribution in [1.82, 2.24) is 0 Å². The molecule has 70 valence electrons. The Bertz CT molecular complexity index is 345. The maximum atomic E-state index is 13.2. The van der Waals surface area contributed by atoms with Crippen LogP contribution in [0, 0.1) is 18.6 Å². The molecule has 3 heteroatoms. The first kappa shape index (κ1) is 9.71. The number of anilines is 1. The summed E-state index contributed by atoms with van der Waals surface area (Å²) in [4.78, 5) is 0. The second kappa shape index (κ2) is 3.56. The Morgan fingerprint density at radius 2 is 2.00 bits per heavy atom. The van der Waals surface area contributed by atoms with E-state index < -0.39 is 11.6 Å². The first-order valence-electron chi connectivity index (χ1n) is 3.90. The molecule has 13 heavy (non-hydrogen) atoms. The van der Waals surface area contributed by atoms with Crippen molar-refractivity contribution in [3.8, 4) is 0 Å². The van der Waals surface area contributed by atoms with Crippen LogP contribution in [0.3, 0.4) is 0 Å². The van der Waals surface area contributed by atoms with Crippen LogP contribution in [0.1, 0.15) is 11.1 Å². The summed E-state index contributed by atoms with van der Waals surface area (Å²) in [5.74, 6) is -1.66. The van der Waals surface area contributed by atoms with Gasteiger partial charge in [0.25, 0.3) is 0 Å². The fourth-order valence-corrected chi connectivity index (χ4v) is 1.19. The van der Waals surface area contributed by atoms with Crippen molar-refractivity contribution < 1.29 is 8.78 Å². The van der Waals surface area contributed by atoms with Gasteiger partial charge in [-0.05, 0) is 18.6 Å². The highest BCUT2D eigenvalue weighted by Gasteiger charge is 2.13. The van der Waals surface area contributed by atoms with Gasteiger partial charge >= 0.3 is 0 Å². The van der Waals surface area contributed by atoms with E-state index >= 15 is 0 Å². The van der Waals surface area contributed by atoms with Gasteiger partial charge in [-0.3, -0.25) is 0 Å². The second-order valence-electron chi connectivity index (χ2n) is 2.74. The van der Waals surface area contributed by atoms with Crippen LogP contribution in [0.5, 0.6) is 0 Å². The van der Waals surface area contributed by atoms with Crippen LogP contribution in [0.25, 0.3) is 6.08 Å². The molecule has 0 amide bonds. The molecule has 0 fully saturated rings. The summed E-state index contributed by atoms with van der Waals surface area (Å²) in [6, 6.07) is 1.55. The standard InChI is InChI=1S/C10H11F2N/c1-4-7-5-6(2)8(11)9(12)10(7)13-3/h4-5,13H,1H2,2-3H3. The Morgan fingerprint density at radius 1 is 1.38 bits per heavy atom. The number of benzene rings is 1. The Kier molecular flexibility index (Phi) is 2.66. The minimum absolute atomic E-state index is 0.151. The van der Waals surface area contributed by atoms with Gasteiger partial charge in [-0.1, -0.05) is 12.7 Å². The molecule has 0 radical (unpaired) electrons. The lowest BCUT2D eigenvalue weighted by Crippen LogP contribution is -2.00. The molecule has 0 aliphatic carbocycles. The molecule has 0 spiro atoms. The molecule has 0 bridgehead atoms. The van der Waals surface area contributed by atoms with Crippen molar-refractivity contribution in [2.24, 2.45) is 0 Å². The zero-order chi connectivity index (χ0) is 10.0. The van der Waals surface area contributed by atoms with E-state index in [1.54, 1.807) is 13.1 Å². The summed E-state index contributed by atoms with van der Waals surface area (Å²) in [6.07, 6.45) is 1.49. The maximum absolute atomic E-state index is 13.2. The van der Waals surface area contributed by atoms with Gasteiger partial charge in [0.05, 0.1) is 5.69 Å². The first-order chi connectivity index (χ1) is 6.11. The summed E-state index contributed by atoms with van der Waals surface area (Å²) in [7, 11) is 1.54. The van der Waals surface area contributed by atoms with Crippen molar-refractivity contribution in [2.45, 2.75) is 6.92 Å². The van der Waals surface area contributed by atoms with Crippen molar-refractivity contribution in [3.63, 3.8) is 0 Å². The molecule has 0 unspecified atom stereocenters. The van der Waals surface area contributed by atoms with E-state index in [1.807, 2.05) is 0 Å². The van der Waals surface area contributed by atoms with Gasteiger partial charge < -0.3 is 5.32 Å². The van der Waals surface area contributed by atoms with Gasteiger partial charge in [-0.25, -0.2) is 8.78 Å². The third-order valence-electron chi connectivity index (χ3n) is 1.89. The van der Waals surface area contributed by atoms with E-state index in [0.29, 0.717) is 5.56 Å². The zero-order valence-corrected chi connectivity index (χ0v) is 7.62. The van der Waals surface area contributed by atoms with Crippen LogP contribution in [-0.4, -0.2) is 7.05 Å². The van der Waals surface area contributed by atoms with E-state index in [1.165, 1.54) is 13.0 Å². The number of rotatable bonds is 2. The van der Waals surface area contributed by atoms with E-state index in [0.717, 1.165) is 0 Å². The molecule has 1 aromatic carbocycles. The minimum atomic E-state index is -0.850. The SMILES string of the molecule is C=Cc1cc(C)c(F)c(F)c1NC. The number of nitrogens with one attached hydrogen (secondary N) is 1. The van der Waals surface area contributed by atoms with E-state index in [9.17, 15) is 8.78 Å². The summed E-state index contributed by atoms with van der Waals surface area (Å²) >= 11 is 0. The number of hydrogen-bond acceptors (Lipinski definition) is 1. The van der Waals surface area contributed by atoms with Gasteiger partial charge in [0, 0.05) is 12.6 Å². The third kappa shape index (κ3) is 1.54. The van der Waals surface area contributed by atoms with Gasteiger partial charge in [0.2, 0.25) is 0 Å². The lowest BCUT2D eigenvalue weighted by molar-refractivity contribution is 0.505. The molecule has 0 atom stereocenters. The van der Waals surface area contributed by atoms with E-state index in [4.69, 9.17) is 0 Å². The molecular weight excluding hydrogens is 172 g/mol. The highest BCUT2D eigenvalue weighted by Crippen LogP contribution is 2.25. The molecule has 0 saturated heterocycles. The van der Waals surface area contributed by atoms with Crippen LogP contribution >= 0.6 is 0 Å². The number of hydrogen-bond donors (Lipinski definition) is 1. The fraction of sp³-hybridized carbons (Fsp3) is 0.200. The van der Waals surface area contributed by atoms with Crippen LogP contribution < -0.4 is 5.32 Å². The van der Waals surface area contributed by atoms with Gasteiger partial charge in [-0.15, -0.1) is 0 Å². The Morgan fingerprint density at radius 3 is 2.46 bits per heavy atom. The molecule has 1 nitrogen and oxygen atoms in total. The van der Waals surface area contributed by atoms with Gasteiger partial charge in [0.15, 0.2) is 11.6 Å². The quantitative estimate of drug-likeness (QED) is 0.743. The molecule has 1 rings (SSSR count). The molecule has 0 heterocycles. The second-order valence-corrected chi connectivity index (χ2v) is 2.74.